The molecule has 4 amide bonds. The molecule has 75 heavy (non-hydrogen) atoms. The Morgan fingerprint density at radius 3 is 1.83 bits per heavy atom. The molecule has 396 valence electrons. The zero-order valence-electron chi connectivity index (χ0n) is 43.5. The summed E-state index contributed by atoms with van der Waals surface area (Å²) in [5, 5.41) is 26.9. The van der Waals surface area contributed by atoms with Crippen molar-refractivity contribution in [2.24, 2.45) is 56.6 Å². The number of carbonyl (C=O) groups is 5. The fraction of sp³-hybridized carbons (Fsp3) is 0.475. The SMILES string of the molecule is COC(=O)CC[C@@H](C)[C@H]1CC[C@H]2[C@@H]3/C4=N/OCC(=O)N(Cc5ccccc5)CC(=O)Nc5ccc(cc5)Oc5ccc(cc5)NC(=O)CN(Cc5ccccc5)C(=O)CON=C(C[C@@H]3[C@@]3(C)CC[C@@H](O)C[C@H]3C4)[C@]12C. The molecule has 4 aliphatic carbocycles. The van der Waals surface area contributed by atoms with Crippen LogP contribution in [0.1, 0.15) is 89.7 Å². The summed E-state index contributed by atoms with van der Waals surface area (Å²) in [6.45, 7) is 5.81. The van der Waals surface area contributed by atoms with E-state index in [1.54, 1.807) is 48.5 Å². The number of esters is 1. The monoisotopic (exact) mass is 1020 g/mol. The van der Waals surface area contributed by atoms with Gasteiger partial charge in [-0.1, -0.05) is 91.7 Å². The molecule has 4 fully saturated rings. The van der Waals surface area contributed by atoms with Crippen LogP contribution in [0.25, 0.3) is 0 Å². The number of hydrogen-bond acceptors (Lipinski definition) is 12. The molecule has 4 aromatic carbocycles. The molecule has 16 heteroatoms. The van der Waals surface area contributed by atoms with E-state index in [9.17, 15) is 29.1 Å². The maximum Gasteiger partial charge on any atom is 0.305 e. The van der Waals surface area contributed by atoms with E-state index in [4.69, 9.17) is 29.5 Å². The number of oxime groups is 2. The molecule has 6 heterocycles. The van der Waals surface area contributed by atoms with E-state index in [-0.39, 0.29) is 79.5 Å². The van der Waals surface area contributed by atoms with Gasteiger partial charge in [-0.05, 0) is 146 Å². The summed E-state index contributed by atoms with van der Waals surface area (Å²) in [5.74, 6) is -0.677. The lowest BCUT2D eigenvalue weighted by Gasteiger charge is -2.61. The van der Waals surface area contributed by atoms with Crippen LogP contribution in [-0.2, 0) is 51.5 Å². The Morgan fingerprint density at radius 2 is 1.28 bits per heavy atom. The Hall–Kier alpha value is -7.07. The number of methoxy groups -OCH3 is 1. The van der Waals surface area contributed by atoms with Crippen LogP contribution >= 0.6 is 0 Å². The highest BCUT2D eigenvalue weighted by Gasteiger charge is 2.65. The minimum Gasteiger partial charge on any atom is -0.469 e. The number of hydrogen-bond donors (Lipinski definition) is 3. The highest BCUT2D eigenvalue weighted by Crippen LogP contribution is 2.67. The lowest BCUT2D eigenvalue weighted by Crippen LogP contribution is -2.60. The van der Waals surface area contributed by atoms with Gasteiger partial charge in [0, 0.05) is 42.2 Å². The summed E-state index contributed by atoms with van der Waals surface area (Å²) in [6.07, 6.45) is 5.30. The van der Waals surface area contributed by atoms with Gasteiger partial charge in [-0.25, -0.2) is 0 Å². The van der Waals surface area contributed by atoms with Crippen LogP contribution in [0.3, 0.4) is 0 Å². The Morgan fingerprint density at radius 1 is 0.733 bits per heavy atom. The summed E-state index contributed by atoms with van der Waals surface area (Å²) >= 11 is 0. The first kappa shape index (κ1) is 52.8. The fourth-order valence-electron chi connectivity index (χ4n) is 13.2. The molecule has 0 saturated heterocycles. The molecule has 3 N–H and O–H groups in total. The molecule has 4 aromatic rings. The predicted octanol–water partition coefficient (Wildman–Crippen LogP) is 9.00. The summed E-state index contributed by atoms with van der Waals surface area (Å²) in [5.41, 5.74) is 3.64. The van der Waals surface area contributed by atoms with Crippen LogP contribution in [-0.4, -0.2) is 95.4 Å². The Bertz CT molecular complexity index is 2740. The van der Waals surface area contributed by atoms with Crippen molar-refractivity contribution in [3.8, 4) is 11.5 Å². The molecule has 0 unspecified atom stereocenters. The summed E-state index contributed by atoms with van der Waals surface area (Å²) in [6, 6.07) is 32.7. The standard InChI is InChI=1S/C59H70N6O10/c1-38(15-26-56(71)72-4)47-24-25-48-57-49-31-51(59(47,48)3)63-74-37-55(70)65(33-40-13-9-6-10-14-40)35-53(68)61-43-18-22-46(23-19-43)75-45-20-16-42(17-21-45)60-52(67)34-64(32-39-11-7-5-8-12-39)54(69)36-73-62-50(57)30-41-29-44(66)27-28-58(41,49)2/h5-14,16-23,38,41,44,47-49,57,66H,15,24-37H2,1-4H3,(H,60,67)(H,61,68)/b62-50+,63-51?/t38-,41+,44-,47-,48+,49+,57+,58+,59-/m1/s1. The highest BCUT2D eigenvalue weighted by atomic mass is 16.6. The maximum absolute atomic E-state index is 14.3. The van der Waals surface area contributed by atoms with Gasteiger partial charge in [-0.15, -0.1) is 0 Å². The molecular weight excluding hydrogens is 953 g/mol. The van der Waals surface area contributed by atoms with Crippen LogP contribution in [0, 0.1) is 46.3 Å². The van der Waals surface area contributed by atoms with E-state index in [0.717, 1.165) is 41.8 Å². The second-order valence-corrected chi connectivity index (χ2v) is 21.7. The van der Waals surface area contributed by atoms with Crippen molar-refractivity contribution in [3.63, 3.8) is 0 Å². The minimum absolute atomic E-state index is 0.00800. The fourth-order valence-corrected chi connectivity index (χ4v) is 13.2. The molecule has 10 aliphatic rings. The van der Waals surface area contributed by atoms with Gasteiger partial charge in [0.15, 0.2) is 13.2 Å². The lowest BCUT2D eigenvalue weighted by atomic mass is 9.43. The summed E-state index contributed by atoms with van der Waals surface area (Å²) in [4.78, 5) is 83.8. The smallest absolute Gasteiger partial charge is 0.305 e. The van der Waals surface area contributed by atoms with E-state index < -0.39 is 48.4 Å². The number of anilines is 2. The second-order valence-electron chi connectivity index (χ2n) is 21.7. The summed E-state index contributed by atoms with van der Waals surface area (Å²) in [7, 11) is 1.40. The number of aliphatic hydroxyl groups is 1. The average molecular weight is 1020 g/mol. The van der Waals surface area contributed by atoms with Crippen molar-refractivity contribution < 1.29 is 48.2 Å². The van der Waals surface area contributed by atoms with E-state index in [1.807, 2.05) is 60.7 Å². The Labute approximate surface area is 439 Å². The van der Waals surface area contributed by atoms with Crippen LogP contribution in [0.2, 0.25) is 0 Å². The van der Waals surface area contributed by atoms with Crippen LogP contribution in [0.15, 0.2) is 120 Å². The third kappa shape index (κ3) is 12.1. The molecule has 8 bridgehead atoms. The minimum atomic E-state index is -0.557. The topological polar surface area (TPSA) is 198 Å². The number of fused-ring (bicyclic) bond motifs is 1. The number of nitrogens with one attached hydrogen (secondary N) is 2. The van der Waals surface area contributed by atoms with E-state index >= 15 is 0 Å². The van der Waals surface area contributed by atoms with Gasteiger partial charge in [0.25, 0.3) is 11.8 Å². The summed E-state index contributed by atoms with van der Waals surface area (Å²) < 4.78 is 11.1. The van der Waals surface area contributed by atoms with Crippen molar-refractivity contribution in [2.75, 3.05) is 44.0 Å². The van der Waals surface area contributed by atoms with Crippen molar-refractivity contribution >= 4 is 52.4 Å². The zero-order valence-corrected chi connectivity index (χ0v) is 43.5. The van der Waals surface area contributed by atoms with Gasteiger partial charge >= 0.3 is 5.97 Å². The number of nitrogens with zero attached hydrogens (tertiary/aromatic N) is 4. The first-order chi connectivity index (χ1) is 36.2. The molecule has 6 aliphatic heterocycles. The van der Waals surface area contributed by atoms with E-state index in [1.165, 1.54) is 16.9 Å². The molecular formula is C59H70N6O10. The van der Waals surface area contributed by atoms with Crippen LogP contribution in [0.4, 0.5) is 11.4 Å². The van der Waals surface area contributed by atoms with Gasteiger partial charge in [0.05, 0.1) is 24.6 Å². The van der Waals surface area contributed by atoms with Crippen molar-refractivity contribution in [2.45, 2.75) is 97.8 Å². The molecule has 14 rings (SSSR count). The largest absolute Gasteiger partial charge is 0.469 e. The quantitative estimate of drug-likeness (QED) is 0.143. The van der Waals surface area contributed by atoms with E-state index in [2.05, 4.69) is 31.4 Å². The third-order valence-corrected chi connectivity index (χ3v) is 17.2. The predicted molar refractivity (Wildman–Crippen MR) is 283 cm³/mol. The number of ether oxygens (including phenoxy) is 2. The molecule has 9 atom stereocenters. The van der Waals surface area contributed by atoms with Gasteiger partial charge in [0.1, 0.15) is 24.6 Å². The van der Waals surface area contributed by atoms with E-state index in [0.29, 0.717) is 55.0 Å². The first-order valence-electron chi connectivity index (χ1n) is 26.4. The van der Waals surface area contributed by atoms with Crippen LogP contribution in [0.5, 0.6) is 11.5 Å². The normalized spacial score (nSPS) is 28.7. The number of carbonyl (C=O) groups excluding carboxylic acids is 5. The molecule has 0 aromatic heterocycles. The second kappa shape index (κ2) is 23.2. The number of rotatable bonds is 8. The molecule has 0 spiro atoms. The van der Waals surface area contributed by atoms with Gasteiger partial charge in [-0.2, -0.15) is 0 Å². The maximum atomic E-state index is 14.3. The van der Waals surface area contributed by atoms with Gasteiger partial charge in [0.2, 0.25) is 11.8 Å². The molecule has 0 radical (unpaired) electrons. The third-order valence-electron chi connectivity index (χ3n) is 17.2. The van der Waals surface area contributed by atoms with Crippen LogP contribution < -0.4 is 15.4 Å². The van der Waals surface area contributed by atoms with Gasteiger partial charge < -0.3 is 44.7 Å². The Balaban J connectivity index is 1.08. The van der Waals surface area contributed by atoms with Crippen molar-refractivity contribution in [1.29, 1.82) is 0 Å². The molecule has 16 nitrogen and oxygen atoms in total. The number of amides is 4. The average Bonchev–Trinajstić information content (AvgIpc) is 3.82. The highest BCUT2D eigenvalue weighted by molar-refractivity contribution is 5.98. The first-order valence-corrected chi connectivity index (χ1v) is 26.4. The number of benzene rings is 4. The van der Waals surface area contributed by atoms with Crippen molar-refractivity contribution in [1.82, 2.24) is 9.80 Å². The Kier molecular flexibility index (Phi) is 16.3. The van der Waals surface area contributed by atoms with Crippen molar-refractivity contribution in [3.05, 3.63) is 120 Å². The van der Waals surface area contributed by atoms with Gasteiger partial charge in [-0.3, -0.25) is 24.0 Å². The zero-order chi connectivity index (χ0) is 52.7. The number of aliphatic hydroxyl groups excluding tert-OH is 1. The molecule has 4 saturated carbocycles. The lowest BCUT2D eigenvalue weighted by molar-refractivity contribution is -0.141.